The fourth-order valence-electron chi connectivity index (χ4n) is 1.70. The minimum absolute atomic E-state index is 0.0364. The normalized spacial score (nSPS) is 12.2. The van der Waals surface area contributed by atoms with Crippen molar-refractivity contribution in [2.45, 2.75) is 26.8 Å². The molecule has 0 aromatic carbocycles. The molecule has 0 fully saturated rings. The molecule has 0 saturated heterocycles. The molecule has 0 spiro atoms. The molecule has 0 saturated carbocycles. The fourth-order valence-corrected chi connectivity index (χ4v) is 2.95. The molecule has 2 rings (SSSR count). The topological polar surface area (TPSA) is 49.8 Å². The van der Waals surface area contributed by atoms with Crippen molar-refractivity contribution >= 4 is 46.2 Å². The monoisotopic (exact) mass is 330 g/mol. The van der Waals surface area contributed by atoms with Crippen LogP contribution in [0.5, 0.6) is 0 Å². The number of rotatable bonds is 5. The highest BCUT2D eigenvalue weighted by Crippen LogP contribution is 2.31. The molecule has 2 aromatic rings. The molecule has 0 aliphatic rings. The van der Waals surface area contributed by atoms with E-state index in [1.54, 1.807) is 17.4 Å². The number of anilines is 2. The highest BCUT2D eigenvalue weighted by atomic mass is 35.5. The van der Waals surface area contributed by atoms with Crippen molar-refractivity contribution in [3.05, 3.63) is 32.2 Å². The van der Waals surface area contributed by atoms with Gasteiger partial charge < -0.3 is 10.6 Å². The van der Waals surface area contributed by atoms with Gasteiger partial charge in [-0.05, 0) is 26.8 Å². The zero-order chi connectivity index (χ0) is 14.7. The van der Waals surface area contributed by atoms with E-state index in [4.69, 9.17) is 23.2 Å². The van der Waals surface area contributed by atoms with Gasteiger partial charge in [-0.1, -0.05) is 23.2 Å². The average Bonchev–Trinajstić information content (AvgIpc) is 2.82. The number of halogens is 2. The van der Waals surface area contributed by atoms with E-state index in [0.29, 0.717) is 21.7 Å². The van der Waals surface area contributed by atoms with E-state index >= 15 is 0 Å². The van der Waals surface area contributed by atoms with Gasteiger partial charge in [0, 0.05) is 17.6 Å². The fraction of sp³-hybridized carbons (Fsp3) is 0.385. The Labute approximate surface area is 132 Å². The Morgan fingerprint density at radius 2 is 2.00 bits per heavy atom. The van der Waals surface area contributed by atoms with Crippen LogP contribution in [0, 0.1) is 6.92 Å². The Balaban J connectivity index is 2.22. The number of hydrogen-bond acceptors (Lipinski definition) is 5. The Hall–Kier alpha value is -1.04. The zero-order valence-corrected chi connectivity index (χ0v) is 13.8. The van der Waals surface area contributed by atoms with Gasteiger partial charge in [0.25, 0.3) is 0 Å². The largest absolute Gasteiger partial charge is 0.369 e. The summed E-state index contributed by atoms with van der Waals surface area (Å²) in [6.07, 6.45) is 1.86. The SMILES string of the molecule is CCNc1nc(NC(C)c2ncc(C)s2)c(Cl)cc1Cl. The average molecular weight is 331 g/mol. The van der Waals surface area contributed by atoms with E-state index in [9.17, 15) is 0 Å². The van der Waals surface area contributed by atoms with Crippen molar-refractivity contribution in [2.75, 3.05) is 17.2 Å². The van der Waals surface area contributed by atoms with Gasteiger partial charge in [0.05, 0.1) is 16.1 Å². The third kappa shape index (κ3) is 3.53. The lowest BCUT2D eigenvalue weighted by Gasteiger charge is -2.15. The van der Waals surface area contributed by atoms with Crippen LogP contribution in [0.25, 0.3) is 0 Å². The lowest BCUT2D eigenvalue weighted by molar-refractivity contribution is 0.861. The molecular weight excluding hydrogens is 315 g/mol. The molecule has 2 N–H and O–H groups in total. The van der Waals surface area contributed by atoms with Crippen LogP contribution in [-0.2, 0) is 0 Å². The molecule has 2 aromatic heterocycles. The predicted molar refractivity (Wildman–Crippen MR) is 87.3 cm³/mol. The van der Waals surface area contributed by atoms with Crippen LogP contribution >= 0.6 is 34.5 Å². The van der Waals surface area contributed by atoms with Gasteiger partial charge in [0.15, 0.2) is 0 Å². The van der Waals surface area contributed by atoms with Gasteiger partial charge in [0.1, 0.15) is 16.6 Å². The van der Waals surface area contributed by atoms with Gasteiger partial charge in [-0.25, -0.2) is 9.97 Å². The van der Waals surface area contributed by atoms with E-state index in [2.05, 4.69) is 20.6 Å². The van der Waals surface area contributed by atoms with Crippen molar-refractivity contribution < 1.29 is 0 Å². The molecule has 0 bridgehead atoms. The third-order valence-electron chi connectivity index (χ3n) is 2.64. The molecule has 7 heteroatoms. The van der Waals surface area contributed by atoms with Crippen LogP contribution in [0.1, 0.15) is 29.8 Å². The second kappa shape index (κ2) is 6.61. The first kappa shape index (κ1) is 15.4. The molecule has 1 unspecified atom stereocenters. The smallest absolute Gasteiger partial charge is 0.147 e. The van der Waals surface area contributed by atoms with Crippen LogP contribution in [0.4, 0.5) is 11.6 Å². The molecule has 0 aliphatic heterocycles. The summed E-state index contributed by atoms with van der Waals surface area (Å²) in [6.45, 7) is 6.79. The van der Waals surface area contributed by atoms with Gasteiger partial charge >= 0.3 is 0 Å². The van der Waals surface area contributed by atoms with Crippen LogP contribution in [0.2, 0.25) is 10.0 Å². The van der Waals surface area contributed by atoms with Crippen molar-refractivity contribution in [2.24, 2.45) is 0 Å². The zero-order valence-electron chi connectivity index (χ0n) is 11.5. The van der Waals surface area contributed by atoms with Crippen LogP contribution < -0.4 is 10.6 Å². The molecule has 0 aliphatic carbocycles. The van der Waals surface area contributed by atoms with Gasteiger partial charge in [-0.2, -0.15) is 0 Å². The summed E-state index contributed by atoms with van der Waals surface area (Å²) >= 11 is 13.9. The molecular formula is C13H16Cl2N4S. The summed E-state index contributed by atoms with van der Waals surface area (Å²) in [5.74, 6) is 1.23. The lowest BCUT2D eigenvalue weighted by Crippen LogP contribution is -2.10. The minimum atomic E-state index is 0.0364. The lowest BCUT2D eigenvalue weighted by atomic mass is 10.3. The van der Waals surface area contributed by atoms with Gasteiger partial charge in [-0.15, -0.1) is 11.3 Å². The number of aromatic nitrogens is 2. The maximum atomic E-state index is 6.18. The first-order valence-corrected chi connectivity index (χ1v) is 7.87. The Kier molecular flexibility index (Phi) is 5.07. The molecule has 1 atom stereocenters. The molecule has 0 amide bonds. The van der Waals surface area contributed by atoms with Gasteiger partial charge in [0.2, 0.25) is 0 Å². The summed E-state index contributed by atoms with van der Waals surface area (Å²) in [7, 11) is 0. The molecule has 0 radical (unpaired) electrons. The van der Waals surface area contributed by atoms with E-state index in [1.807, 2.05) is 27.0 Å². The molecule has 108 valence electrons. The van der Waals surface area contributed by atoms with Crippen molar-refractivity contribution in [1.82, 2.24) is 9.97 Å². The highest BCUT2D eigenvalue weighted by molar-refractivity contribution is 7.11. The second-order valence-electron chi connectivity index (χ2n) is 4.35. The Morgan fingerprint density at radius 3 is 2.60 bits per heavy atom. The minimum Gasteiger partial charge on any atom is -0.369 e. The number of nitrogens with one attached hydrogen (secondary N) is 2. The standard InChI is InChI=1S/C13H16Cl2N4S/c1-4-16-11-9(14)5-10(15)12(19-11)18-8(3)13-17-6-7(2)20-13/h5-6,8H,4H2,1-3H3,(H2,16,18,19). The second-order valence-corrected chi connectivity index (χ2v) is 6.44. The number of hydrogen-bond donors (Lipinski definition) is 2. The molecule has 20 heavy (non-hydrogen) atoms. The number of nitrogens with zero attached hydrogens (tertiary/aromatic N) is 2. The van der Waals surface area contributed by atoms with E-state index in [1.165, 1.54) is 4.88 Å². The van der Waals surface area contributed by atoms with Crippen LogP contribution in [0.15, 0.2) is 12.3 Å². The maximum absolute atomic E-state index is 6.18. The third-order valence-corrected chi connectivity index (χ3v) is 4.31. The maximum Gasteiger partial charge on any atom is 0.147 e. The summed E-state index contributed by atoms with van der Waals surface area (Å²) in [4.78, 5) is 9.96. The molecule has 4 nitrogen and oxygen atoms in total. The van der Waals surface area contributed by atoms with Gasteiger partial charge in [-0.3, -0.25) is 0 Å². The summed E-state index contributed by atoms with van der Waals surface area (Å²) in [5.41, 5.74) is 0. The van der Waals surface area contributed by atoms with E-state index in [0.717, 1.165) is 11.6 Å². The Bertz CT molecular complexity index is 600. The first-order valence-electron chi connectivity index (χ1n) is 6.30. The van der Waals surface area contributed by atoms with E-state index < -0.39 is 0 Å². The Morgan fingerprint density at radius 1 is 1.30 bits per heavy atom. The summed E-state index contributed by atoms with van der Waals surface area (Å²) < 4.78 is 0. The number of aryl methyl sites for hydroxylation is 1. The van der Waals surface area contributed by atoms with Crippen LogP contribution in [0.3, 0.4) is 0 Å². The predicted octanol–water partition coefficient (Wildman–Crippen LogP) is 4.76. The van der Waals surface area contributed by atoms with Crippen molar-refractivity contribution in [3.63, 3.8) is 0 Å². The number of pyridine rings is 1. The highest BCUT2D eigenvalue weighted by Gasteiger charge is 2.14. The van der Waals surface area contributed by atoms with E-state index in [-0.39, 0.29) is 6.04 Å². The first-order chi connectivity index (χ1) is 9.51. The van der Waals surface area contributed by atoms with Crippen LogP contribution in [-0.4, -0.2) is 16.5 Å². The number of thiazole rings is 1. The quantitative estimate of drug-likeness (QED) is 0.829. The van der Waals surface area contributed by atoms with Crippen molar-refractivity contribution in [3.8, 4) is 0 Å². The summed E-state index contributed by atoms with van der Waals surface area (Å²) in [6, 6.07) is 1.73. The molecule has 2 heterocycles. The van der Waals surface area contributed by atoms with Crippen molar-refractivity contribution in [1.29, 1.82) is 0 Å². The summed E-state index contributed by atoms with van der Waals surface area (Å²) in [5, 5.41) is 8.39.